The number of hydrogen-bond donors (Lipinski definition) is 1. The first-order chi connectivity index (χ1) is 14.2. The number of nitrogens with one attached hydrogen (secondary N) is 1. The van der Waals surface area contributed by atoms with Crippen molar-refractivity contribution >= 4 is 38.9 Å². The smallest absolute Gasteiger partial charge is 0.226 e. The number of sulfone groups is 1. The maximum atomic E-state index is 12.7. The summed E-state index contributed by atoms with van der Waals surface area (Å²) in [6, 6.07) is 12.0. The molecule has 8 heteroatoms. The number of rotatable bonds is 7. The molecule has 0 bridgehead atoms. The van der Waals surface area contributed by atoms with Crippen molar-refractivity contribution in [2.75, 3.05) is 10.7 Å². The summed E-state index contributed by atoms with van der Waals surface area (Å²) in [6.07, 6.45) is 0.872. The molecule has 0 fully saturated rings. The Bertz CT molecular complexity index is 1070. The van der Waals surface area contributed by atoms with Crippen LogP contribution >= 0.6 is 11.6 Å². The highest BCUT2D eigenvalue weighted by Crippen LogP contribution is 2.34. The third kappa shape index (κ3) is 4.84. The minimum atomic E-state index is -3.62. The molecule has 0 aliphatic carbocycles. The molecule has 1 N–H and O–H groups in total. The van der Waals surface area contributed by atoms with E-state index in [2.05, 4.69) is 5.32 Å². The number of amides is 2. The van der Waals surface area contributed by atoms with E-state index in [0.29, 0.717) is 17.9 Å². The lowest BCUT2D eigenvalue weighted by molar-refractivity contribution is -0.121. The van der Waals surface area contributed by atoms with Gasteiger partial charge in [-0.15, -0.1) is 0 Å². The molecule has 0 radical (unpaired) electrons. The summed E-state index contributed by atoms with van der Waals surface area (Å²) < 4.78 is 25.5. The Labute approximate surface area is 182 Å². The van der Waals surface area contributed by atoms with E-state index < -0.39 is 9.84 Å². The molecule has 0 unspecified atom stereocenters. The maximum Gasteiger partial charge on any atom is 0.226 e. The summed E-state index contributed by atoms with van der Waals surface area (Å²) in [4.78, 5) is 26.2. The third-order valence-corrected chi connectivity index (χ3v) is 7.31. The zero-order valence-electron chi connectivity index (χ0n) is 17.0. The number of carbonyl (C=O) groups is 2. The number of carbonyl (C=O) groups excluding carboxylic acids is 2. The Kier molecular flexibility index (Phi) is 6.83. The van der Waals surface area contributed by atoms with Crippen molar-refractivity contribution < 1.29 is 18.0 Å². The molecule has 30 heavy (non-hydrogen) atoms. The summed E-state index contributed by atoms with van der Waals surface area (Å²) in [5.41, 5.74) is 2.38. The van der Waals surface area contributed by atoms with E-state index in [0.717, 1.165) is 16.8 Å². The minimum Gasteiger partial charge on any atom is -0.352 e. The topological polar surface area (TPSA) is 83.6 Å². The van der Waals surface area contributed by atoms with E-state index in [4.69, 9.17) is 11.6 Å². The van der Waals surface area contributed by atoms with Gasteiger partial charge in [0.25, 0.3) is 0 Å². The van der Waals surface area contributed by atoms with Gasteiger partial charge in [0, 0.05) is 36.1 Å². The number of anilines is 1. The first kappa shape index (κ1) is 22.3. The van der Waals surface area contributed by atoms with Crippen LogP contribution in [0.4, 0.5) is 5.69 Å². The first-order valence-corrected chi connectivity index (χ1v) is 11.9. The molecule has 6 nitrogen and oxygen atoms in total. The molecule has 0 saturated heterocycles. The van der Waals surface area contributed by atoms with Gasteiger partial charge in [0.15, 0.2) is 9.84 Å². The zero-order valence-corrected chi connectivity index (χ0v) is 18.6. The SMILES string of the molecule is CCC(=O)N1c2ccc(S(=O)(=O)CCC(=O)NCc3ccccc3Cl)cc2C[C@H]1C. The van der Waals surface area contributed by atoms with Gasteiger partial charge in [-0.25, -0.2) is 8.42 Å². The van der Waals surface area contributed by atoms with Crippen LogP contribution in [-0.2, 0) is 32.4 Å². The molecule has 1 aliphatic heterocycles. The van der Waals surface area contributed by atoms with Gasteiger partial charge in [0.1, 0.15) is 0 Å². The Morgan fingerprint density at radius 3 is 2.63 bits per heavy atom. The van der Waals surface area contributed by atoms with Crippen LogP contribution in [0.2, 0.25) is 5.02 Å². The van der Waals surface area contributed by atoms with Crippen LogP contribution < -0.4 is 10.2 Å². The highest BCUT2D eigenvalue weighted by Gasteiger charge is 2.31. The van der Waals surface area contributed by atoms with Crippen LogP contribution in [0, 0.1) is 0 Å². The fraction of sp³-hybridized carbons (Fsp3) is 0.364. The molecule has 0 spiro atoms. The lowest BCUT2D eigenvalue weighted by Gasteiger charge is -2.22. The van der Waals surface area contributed by atoms with Gasteiger partial charge in [-0.2, -0.15) is 0 Å². The average Bonchev–Trinajstić information content (AvgIpc) is 3.06. The van der Waals surface area contributed by atoms with E-state index in [1.54, 1.807) is 35.2 Å². The Hall–Kier alpha value is -2.38. The van der Waals surface area contributed by atoms with Gasteiger partial charge in [-0.3, -0.25) is 9.59 Å². The minimum absolute atomic E-state index is 0.000919. The van der Waals surface area contributed by atoms with Gasteiger partial charge in [-0.1, -0.05) is 36.7 Å². The van der Waals surface area contributed by atoms with E-state index in [1.165, 1.54) is 6.07 Å². The van der Waals surface area contributed by atoms with Crippen LogP contribution in [0.15, 0.2) is 47.4 Å². The van der Waals surface area contributed by atoms with Crippen LogP contribution in [0.5, 0.6) is 0 Å². The number of nitrogens with zero attached hydrogens (tertiary/aromatic N) is 1. The highest BCUT2D eigenvalue weighted by molar-refractivity contribution is 7.91. The maximum absolute atomic E-state index is 12.7. The number of halogens is 1. The van der Waals surface area contributed by atoms with E-state index in [1.807, 2.05) is 19.9 Å². The van der Waals surface area contributed by atoms with Crippen molar-refractivity contribution in [3.8, 4) is 0 Å². The van der Waals surface area contributed by atoms with Crippen molar-refractivity contribution in [3.63, 3.8) is 0 Å². The molecule has 3 rings (SSSR count). The Morgan fingerprint density at radius 1 is 1.20 bits per heavy atom. The molecule has 2 amide bonds. The molecule has 2 aromatic rings. The second kappa shape index (κ2) is 9.18. The van der Waals surface area contributed by atoms with E-state index in [-0.39, 0.29) is 41.5 Å². The third-order valence-electron chi connectivity index (χ3n) is 5.23. The van der Waals surface area contributed by atoms with Crippen molar-refractivity contribution in [2.24, 2.45) is 0 Å². The lowest BCUT2D eigenvalue weighted by atomic mass is 10.1. The summed E-state index contributed by atoms with van der Waals surface area (Å²) in [5, 5.41) is 3.25. The molecule has 0 aromatic heterocycles. The fourth-order valence-corrected chi connectivity index (χ4v) is 5.11. The van der Waals surface area contributed by atoms with Crippen LogP contribution in [-0.4, -0.2) is 32.0 Å². The molecular weight excluding hydrogens is 424 g/mol. The summed E-state index contributed by atoms with van der Waals surface area (Å²) >= 11 is 6.06. The van der Waals surface area contributed by atoms with Gasteiger partial charge in [-0.05, 0) is 48.7 Å². The Balaban J connectivity index is 1.64. The van der Waals surface area contributed by atoms with Crippen LogP contribution in [0.3, 0.4) is 0 Å². The predicted octanol–water partition coefficient (Wildman–Crippen LogP) is 3.51. The van der Waals surface area contributed by atoms with E-state index in [9.17, 15) is 18.0 Å². The second-order valence-corrected chi connectivity index (χ2v) is 9.91. The fourth-order valence-electron chi connectivity index (χ4n) is 3.62. The normalized spacial score (nSPS) is 15.7. The molecule has 160 valence electrons. The van der Waals surface area contributed by atoms with Crippen LogP contribution in [0.1, 0.15) is 37.8 Å². The molecule has 1 heterocycles. The van der Waals surface area contributed by atoms with Crippen molar-refractivity contribution in [3.05, 3.63) is 58.6 Å². The second-order valence-electron chi connectivity index (χ2n) is 7.40. The van der Waals surface area contributed by atoms with Crippen molar-refractivity contribution in [1.82, 2.24) is 5.32 Å². The quantitative estimate of drug-likeness (QED) is 0.702. The monoisotopic (exact) mass is 448 g/mol. The highest BCUT2D eigenvalue weighted by atomic mass is 35.5. The molecule has 1 aliphatic rings. The van der Waals surface area contributed by atoms with Crippen molar-refractivity contribution in [2.45, 2.75) is 50.6 Å². The van der Waals surface area contributed by atoms with Gasteiger partial charge >= 0.3 is 0 Å². The number of hydrogen-bond acceptors (Lipinski definition) is 4. The summed E-state index contributed by atoms with van der Waals surface area (Å²) in [6.45, 7) is 4.00. The van der Waals surface area contributed by atoms with Gasteiger partial charge < -0.3 is 10.2 Å². The number of benzene rings is 2. The molecular formula is C22H25ClN2O4S. The molecule has 1 atom stereocenters. The zero-order chi connectivity index (χ0) is 21.9. The standard InChI is InChI=1S/C22H25ClN2O4S/c1-3-22(27)25-15(2)12-17-13-18(8-9-20(17)25)30(28,29)11-10-21(26)24-14-16-6-4-5-7-19(16)23/h4-9,13,15H,3,10-12,14H2,1-2H3,(H,24,26)/t15-/m1/s1. The summed E-state index contributed by atoms with van der Waals surface area (Å²) in [5.74, 6) is -0.618. The van der Waals surface area contributed by atoms with E-state index >= 15 is 0 Å². The largest absolute Gasteiger partial charge is 0.352 e. The van der Waals surface area contributed by atoms with Gasteiger partial charge in [0.2, 0.25) is 11.8 Å². The summed E-state index contributed by atoms with van der Waals surface area (Å²) in [7, 11) is -3.62. The predicted molar refractivity (Wildman–Crippen MR) is 117 cm³/mol. The van der Waals surface area contributed by atoms with Gasteiger partial charge in [0.05, 0.1) is 10.6 Å². The Morgan fingerprint density at radius 2 is 1.93 bits per heavy atom. The molecule has 0 saturated carbocycles. The first-order valence-electron chi connectivity index (χ1n) is 9.90. The number of fused-ring (bicyclic) bond motifs is 1. The van der Waals surface area contributed by atoms with Crippen LogP contribution in [0.25, 0.3) is 0 Å². The van der Waals surface area contributed by atoms with Crippen molar-refractivity contribution in [1.29, 1.82) is 0 Å². The molecule has 2 aromatic carbocycles. The average molecular weight is 449 g/mol. The lowest BCUT2D eigenvalue weighted by Crippen LogP contribution is -2.35.